The van der Waals surface area contributed by atoms with E-state index in [0.717, 1.165) is 0 Å². The van der Waals surface area contributed by atoms with E-state index >= 15 is 0 Å². The maximum atomic E-state index is 11.2. The molecule has 0 saturated heterocycles. The number of amides is 1. The average Bonchev–Trinajstić information content (AvgIpc) is 1.98. The lowest BCUT2D eigenvalue weighted by Crippen LogP contribution is -2.28. The minimum atomic E-state index is -0.00792. The maximum Gasteiger partial charge on any atom is 0.224 e. The van der Waals surface area contributed by atoms with Gasteiger partial charge in [-0.1, -0.05) is 6.92 Å². The highest BCUT2D eigenvalue weighted by Gasteiger charge is 2.13. The Bertz CT molecular complexity index is 147. The molecule has 0 saturated carbocycles. The van der Waals surface area contributed by atoms with Gasteiger partial charge in [0.05, 0.1) is 0 Å². The number of hydrogen-bond acceptors (Lipinski definition) is 2. The Hall–Kier alpha value is -0.430. The van der Waals surface area contributed by atoms with Crippen LogP contribution in [0.2, 0.25) is 0 Å². The van der Waals surface area contributed by atoms with Gasteiger partial charge >= 0.3 is 0 Å². The molecule has 0 aromatic rings. The van der Waals surface area contributed by atoms with Crippen molar-refractivity contribution in [3.8, 4) is 0 Å². The highest BCUT2D eigenvalue weighted by atomic mass is 31.1. The van der Waals surface area contributed by atoms with Crippen LogP contribution in [0, 0.1) is 5.92 Å². The number of carbonyl (C=O) groups is 1. The predicted octanol–water partition coefficient (Wildman–Crippen LogP) is 1.39. The summed E-state index contributed by atoms with van der Waals surface area (Å²) in [6.07, 6.45) is 1.27. The molecular weight excluding hydrogens is 161 g/mol. The smallest absolute Gasteiger partial charge is 0.224 e. The summed E-state index contributed by atoms with van der Waals surface area (Å²) in [5.41, 5.74) is 0. The molecule has 0 aliphatic heterocycles. The zero-order chi connectivity index (χ0) is 8.85. The predicted molar refractivity (Wildman–Crippen MR) is 44.9 cm³/mol. The Morgan fingerprint density at radius 2 is 2.09 bits per heavy atom. The van der Waals surface area contributed by atoms with Crippen LogP contribution in [0.25, 0.3) is 0 Å². The van der Waals surface area contributed by atoms with Crippen LogP contribution in [0.15, 0.2) is 0 Å². The number of carbonyl (C=O) groups excluding carboxylic acids is 1. The zero-order valence-corrected chi connectivity index (χ0v) is 8.10. The topological polar surface area (TPSA) is 37.4 Å². The first kappa shape index (κ1) is 10.6. The number of rotatable bonds is 4. The van der Waals surface area contributed by atoms with Gasteiger partial charge in [0, 0.05) is 26.2 Å². The molecule has 64 valence electrons. The summed E-state index contributed by atoms with van der Waals surface area (Å²) in [6, 6.07) is 0. The normalized spacial score (nSPS) is 13.0. The molecule has 3 nitrogen and oxygen atoms in total. The fraction of sp³-hybridized carbons (Fsp3) is 0.857. The minimum absolute atomic E-state index is 0.00792. The molecule has 0 bridgehead atoms. The molecule has 0 heterocycles. The van der Waals surface area contributed by atoms with Crippen LogP contribution >= 0.6 is 8.46 Å². The van der Waals surface area contributed by atoms with E-state index in [0.29, 0.717) is 12.6 Å². The molecular formula is C7H14NO2P. The summed E-state index contributed by atoms with van der Waals surface area (Å²) in [7, 11) is 3.59. The second-order valence-electron chi connectivity index (χ2n) is 2.78. The Balaban J connectivity index is 3.73. The summed E-state index contributed by atoms with van der Waals surface area (Å²) in [4.78, 5) is 12.7. The highest BCUT2D eigenvalue weighted by Crippen LogP contribution is 2.08. The zero-order valence-electron chi connectivity index (χ0n) is 7.20. The molecule has 0 rings (SSSR count). The van der Waals surface area contributed by atoms with Crippen molar-refractivity contribution in [2.45, 2.75) is 13.3 Å². The van der Waals surface area contributed by atoms with E-state index in [1.165, 1.54) is 0 Å². The summed E-state index contributed by atoms with van der Waals surface area (Å²) >= 11 is 0. The van der Waals surface area contributed by atoms with Crippen molar-refractivity contribution in [2.75, 3.05) is 20.3 Å². The van der Waals surface area contributed by atoms with Crippen molar-refractivity contribution in [2.24, 2.45) is 5.92 Å². The Labute approximate surface area is 69.0 Å². The van der Waals surface area contributed by atoms with E-state index in [-0.39, 0.29) is 20.3 Å². The molecule has 0 aliphatic rings. The molecule has 0 N–H and O–H groups in total. The molecule has 1 unspecified atom stereocenters. The van der Waals surface area contributed by atoms with Gasteiger partial charge in [0.1, 0.15) is 0 Å². The lowest BCUT2D eigenvalue weighted by atomic mass is 10.1. The van der Waals surface area contributed by atoms with Crippen LogP contribution < -0.4 is 0 Å². The van der Waals surface area contributed by atoms with Crippen LogP contribution in [0.1, 0.15) is 13.3 Å². The van der Waals surface area contributed by atoms with Gasteiger partial charge in [0.2, 0.25) is 5.91 Å². The molecule has 0 spiro atoms. The molecule has 4 heteroatoms. The fourth-order valence-corrected chi connectivity index (χ4v) is 1.30. The minimum Gasteiger partial charge on any atom is -0.349 e. The second-order valence-corrected chi connectivity index (χ2v) is 3.48. The standard InChI is InChI=1S/C7H14NO2P/c1-6(4-5-11-10)7(9)8(2)3/h6H,4-5H2,1-3H3. The molecule has 1 amide bonds. The van der Waals surface area contributed by atoms with Crippen LogP contribution in [-0.2, 0) is 9.36 Å². The van der Waals surface area contributed by atoms with E-state index in [4.69, 9.17) is 0 Å². The molecule has 0 fully saturated rings. The van der Waals surface area contributed by atoms with Crippen molar-refractivity contribution < 1.29 is 9.36 Å². The largest absolute Gasteiger partial charge is 0.349 e. The summed E-state index contributed by atoms with van der Waals surface area (Å²) in [6.45, 7) is 1.85. The van der Waals surface area contributed by atoms with E-state index in [2.05, 4.69) is 0 Å². The first-order valence-corrected chi connectivity index (χ1v) is 4.59. The monoisotopic (exact) mass is 175 g/mol. The third kappa shape index (κ3) is 4.10. The van der Waals surface area contributed by atoms with Gasteiger partial charge in [-0.3, -0.25) is 9.36 Å². The van der Waals surface area contributed by atoms with Crippen molar-refractivity contribution >= 4 is 14.4 Å². The van der Waals surface area contributed by atoms with E-state index in [9.17, 15) is 9.36 Å². The van der Waals surface area contributed by atoms with Crippen molar-refractivity contribution in [1.29, 1.82) is 0 Å². The SMILES string of the molecule is CC(CCP=O)C(=O)N(C)C. The van der Waals surface area contributed by atoms with Gasteiger partial charge in [-0.2, -0.15) is 0 Å². The maximum absolute atomic E-state index is 11.2. The van der Waals surface area contributed by atoms with Crippen LogP contribution in [0.4, 0.5) is 0 Å². The van der Waals surface area contributed by atoms with Crippen LogP contribution in [0.5, 0.6) is 0 Å². The molecule has 11 heavy (non-hydrogen) atoms. The molecule has 0 aromatic carbocycles. The van der Waals surface area contributed by atoms with E-state index < -0.39 is 0 Å². The van der Waals surface area contributed by atoms with Gasteiger partial charge in [0.15, 0.2) is 8.46 Å². The lowest BCUT2D eigenvalue weighted by molar-refractivity contribution is -0.132. The summed E-state index contributed by atoms with van der Waals surface area (Å²) < 4.78 is 10.1. The first-order valence-electron chi connectivity index (χ1n) is 3.60. The van der Waals surface area contributed by atoms with E-state index in [1.54, 1.807) is 19.0 Å². The average molecular weight is 175 g/mol. The van der Waals surface area contributed by atoms with Gasteiger partial charge in [-0.15, -0.1) is 0 Å². The van der Waals surface area contributed by atoms with Gasteiger partial charge < -0.3 is 4.90 Å². The molecule has 0 aliphatic carbocycles. The van der Waals surface area contributed by atoms with Crippen molar-refractivity contribution in [3.05, 3.63) is 0 Å². The van der Waals surface area contributed by atoms with Gasteiger partial charge in [-0.25, -0.2) is 0 Å². The summed E-state index contributed by atoms with van der Waals surface area (Å²) in [5, 5.41) is 0. The second kappa shape index (κ2) is 5.25. The quantitative estimate of drug-likeness (QED) is 0.605. The third-order valence-corrected chi connectivity index (χ3v) is 1.96. The van der Waals surface area contributed by atoms with Gasteiger partial charge in [-0.05, 0) is 6.42 Å². The molecule has 0 radical (unpaired) electrons. The lowest BCUT2D eigenvalue weighted by Gasteiger charge is -2.15. The Morgan fingerprint density at radius 3 is 2.45 bits per heavy atom. The Kier molecular flexibility index (Phi) is 5.05. The highest BCUT2D eigenvalue weighted by molar-refractivity contribution is 7.23. The van der Waals surface area contributed by atoms with Crippen LogP contribution in [-0.4, -0.2) is 31.1 Å². The third-order valence-electron chi connectivity index (χ3n) is 1.52. The number of hydrogen-bond donors (Lipinski definition) is 0. The number of nitrogens with zero attached hydrogens (tertiary/aromatic N) is 1. The van der Waals surface area contributed by atoms with Crippen molar-refractivity contribution in [1.82, 2.24) is 4.90 Å². The fourth-order valence-electron chi connectivity index (χ4n) is 0.811. The molecule has 0 aromatic heterocycles. The first-order chi connectivity index (χ1) is 5.09. The van der Waals surface area contributed by atoms with Crippen LogP contribution in [0.3, 0.4) is 0 Å². The van der Waals surface area contributed by atoms with Crippen molar-refractivity contribution in [3.63, 3.8) is 0 Å². The van der Waals surface area contributed by atoms with E-state index in [1.807, 2.05) is 6.92 Å². The van der Waals surface area contributed by atoms with Gasteiger partial charge in [0.25, 0.3) is 0 Å². The molecule has 1 atom stereocenters. The summed E-state index contributed by atoms with van der Waals surface area (Å²) in [5.74, 6) is 0.0973. The Morgan fingerprint density at radius 1 is 1.55 bits per heavy atom.